The molecule has 0 fully saturated rings. The van der Waals surface area contributed by atoms with Gasteiger partial charge in [-0.05, 0) is 30.3 Å². The van der Waals surface area contributed by atoms with Crippen molar-refractivity contribution >= 4 is 11.0 Å². The third kappa shape index (κ3) is 2.16. The maximum absolute atomic E-state index is 12.5. The van der Waals surface area contributed by atoms with Crippen molar-refractivity contribution in [2.75, 3.05) is 14.2 Å². The van der Waals surface area contributed by atoms with E-state index in [1.165, 1.54) is 20.3 Å². The first-order valence-electron chi connectivity index (χ1n) is 6.63. The Labute approximate surface area is 126 Å². The maximum Gasteiger partial charge on any atom is 0.235 e. The second-order valence-electron chi connectivity index (χ2n) is 4.68. The number of benzene rings is 2. The van der Waals surface area contributed by atoms with Crippen molar-refractivity contribution in [2.45, 2.75) is 0 Å². The van der Waals surface area contributed by atoms with E-state index in [1.54, 1.807) is 36.4 Å². The number of phenolic OH excluding ortho intramolecular Hbond substituents is 1. The monoisotopic (exact) mass is 298 g/mol. The van der Waals surface area contributed by atoms with Gasteiger partial charge in [-0.25, -0.2) is 0 Å². The molecule has 22 heavy (non-hydrogen) atoms. The smallest absolute Gasteiger partial charge is 0.235 e. The molecule has 5 nitrogen and oxygen atoms in total. The minimum Gasteiger partial charge on any atom is -0.504 e. The van der Waals surface area contributed by atoms with Crippen molar-refractivity contribution in [1.29, 1.82) is 0 Å². The van der Waals surface area contributed by atoms with E-state index in [9.17, 15) is 9.90 Å². The third-order valence-corrected chi connectivity index (χ3v) is 3.40. The van der Waals surface area contributed by atoms with Gasteiger partial charge in [0.1, 0.15) is 5.58 Å². The number of ether oxygens (including phenoxy) is 2. The van der Waals surface area contributed by atoms with Gasteiger partial charge in [0.2, 0.25) is 11.2 Å². The van der Waals surface area contributed by atoms with Crippen LogP contribution in [0.25, 0.3) is 22.3 Å². The highest BCUT2D eigenvalue weighted by Crippen LogP contribution is 2.35. The molecule has 3 aromatic rings. The molecule has 112 valence electrons. The average molecular weight is 298 g/mol. The van der Waals surface area contributed by atoms with Crippen LogP contribution in [0.1, 0.15) is 0 Å². The fraction of sp³-hybridized carbons (Fsp3) is 0.118. The van der Waals surface area contributed by atoms with E-state index in [0.717, 1.165) is 0 Å². The average Bonchev–Trinajstić information content (AvgIpc) is 2.55. The Morgan fingerprint density at radius 3 is 2.55 bits per heavy atom. The molecule has 0 aliphatic carbocycles. The number of fused-ring (bicyclic) bond motifs is 1. The quantitative estimate of drug-likeness (QED) is 0.804. The van der Waals surface area contributed by atoms with Crippen molar-refractivity contribution < 1.29 is 19.0 Å². The van der Waals surface area contributed by atoms with Crippen LogP contribution in [0.4, 0.5) is 0 Å². The zero-order valence-electron chi connectivity index (χ0n) is 12.1. The van der Waals surface area contributed by atoms with Crippen molar-refractivity contribution in [3.05, 3.63) is 52.7 Å². The summed E-state index contributed by atoms with van der Waals surface area (Å²) in [6.45, 7) is 0. The van der Waals surface area contributed by atoms with Crippen LogP contribution < -0.4 is 14.9 Å². The standard InChI is InChI=1S/C17H14O5/c1-20-14-9-10(7-8-12(14)18)16-17(21-2)15(19)11-5-3-4-6-13(11)22-16/h3-9,18H,1-2H3. The molecule has 2 aromatic carbocycles. The molecular weight excluding hydrogens is 284 g/mol. The van der Waals surface area contributed by atoms with Gasteiger partial charge in [-0.15, -0.1) is 0 Å². The predicted molar refractivity (Wildman–Crippen MR) is 82.7 cm³/mol. The first kappa shape index (κ1) is 14.0. The molecule has 1 heterocycles. The van der Waals surface area contributed by atoms with Gasteiger partial charge in [-0.3, -0.25) is 4.79 Å². The normalized spacial score (nSPS) is 10.6. The summed E-state index contributed by atoms with van der Waals surface area (Å²) < 4.78 is 16.1. The van der Waals surface area contributed by atoms with Gasteiger partial charge >= 0.3 is 0 Å². The molecule has 1 N–H and O–H groups in total. The minimum absolute atomic E-state index is 0.00773. The van der Waals surface area contributed by atoms with E-state index >= 15 is 0 Å². The Morgan fingerprint density at radius 2 is 1.82 bits per heavy atom. The molecule has 0 aliphatic heterocycles. The Balaban J connectivity index is 2.33. The van der Waals surface area contributed by atoms with E-state index in [1.807, 2.05) is 0 Å². The van der Waals surface area contributed by atoms with Crippen molar-refractivity contribution in [1.82, 2.24) is 0 Å². The molecule has 0 atom stereocenters. The van der Waals surface area contributed by atoms with Crippen molar-refractivity contribution in [3.8, 4) is 28.6 Å². The minimum atomic E-state index is -0.244. The molecule has 0 spiro atoms. The third-order valence-electron chi connectivity index (χ3n) is 3.40. The number of para-hydroxylation sites is 1. The van der Waals surface area contributed by atoms with Gasteiger partial charge in [0.05, 0.1) is 19.6 Å². The first-order chi connectivity index (χ1) is 10.7. The first-order valence-corrected chi connectivity index (χ1v) is 6.63. The highest BCUT2D eigenvalue weighted by molar-refractivity contribution is 5.82. The molecular formula is C17H14O5. The summed E-state index contributed by atoms with van der Waals surface area (Å²) in [5.74, 6) is 0.708. The largest absolute Gasteiger partial charge is 0.504 e. The predicted octanol–water partition coefficient (Wildman–Crippen LogP) is 3.18. The van der Waals surface area contributed by atoms with Crippen LogP contribution in [-0.4, -0.2) is 19.3 Å². The van der Waals surface area contributed by atoms with Crippen LogP contribution >= 0.6 is 0 Å². The molecule has 1 aromatic heterocycles. The molecule has 0 saturated heterocycles. The van der Waals surface area contributed by atoms with E-state index in [0.29, 0.717) is 22.3 Å². The van der Waals surface area contributed by atoms with Gasteiger partial charge < -0.3 is 19.0 Å². The molecule has 0 unspecified atom stereocenters. The summed E-state index contributed by atoms with van der Waals surface area (Å²) in [5, 5.41) is 10.1. The Bertz CT molecular complexity index is 895. The molecule has 0 bridgehead atoms. The summed E-state index contributed by atoms with van der Waals surface area (Å²) in [5.41, 5.74) is 0.802. The molecule has 3 rings (SSSR count). The van der Waals surface area contributed by atoms with Crippen LogP contribution in [0, 0.1) is 0 Å². The van der Waals surface area contributed by atoms with E-state index in [2.05, 4.69) is 0 Å². The highest BCUT2D eigenvalue weighted by Gasteiger charge is 2.17. The fourth-order valence-electron chi connectivity index (χ4n) is 2.32. The van der Waals surface area contributed by atoms with Crippen LogP contribution in [0.3, 0.4) is 0 Å². The Morgan fingerprint density at radius 1 is 1.05 bits per heavy atom. The number of rotatable bonds is 3. The SMILES string of the molecule is COc1cc(-c2oc3ccccc3c(=O)c2OC)ccc1O. The van der Waals surface area contributed by atoms with Crippen LogP contribution in [0.15, 0.2) is 51.7 Å². The summed E-state index contributed by atoms with van der Waals surface area (Å²) >= 11 is 0. The second kappa shape index (κ2) is 5.44. The van der Waals surface area contributed by atoms with Crippen LogP contribution in [0.2, 0.25) is 0 Å². The summed E-state index contributed by atoms with van der Waals surface area (Å²) in [6, 6.07) is 11.7. The Kier molecular flexibility index (Phi) is 3.47. The molecule has 5 heteroatoms. The van der Waals surface area contributed by atoms with Gasteiger partial charge in [-0.2, -0.15) is 0 Å². The van der Waals surface area contributed by atoms with Crippen molar-refractivity contribution in [2.24, 2.45) is 0 Å². The summed E-state index contributed by atoms with van der Waals surface area (Å²) in [7, 11) is 2.87. The van der Waals surface area contributed by atoms with Crippen molar-refractivity contribution in [3.63, 3.8) is 0 Å². The molecule has 0 amide bonds. The lowest BCUT2D eigenvalue weighted by atomic mass is 10.1. The van der Waals surface area contributed by atoms with Gasteiger partial charge in [0.25, 0.3) is 0 Å². The number of aromatic hydroxyl groups is 1. The van der Waals surface area contributed by atoms with E-state index < -0.39 is 0 Å². The Hall–Kier alpha value is -2.95. The zero-order chi connectivity index (χ0) is 15.7. The number of hydrogen-bond acceptors (Lipinski definition) is 5. The van der Waals surface area contributed by atoms with Gasteiger partial charge in [0.15, 0.2) is 17.3 Å². The molecule has 0 radical (unpaired) electrons. The fourth-order valence-corrected chi connectivity index (χ4v) is 2.32. The number of methoxy groups -OCH3 is 2. The summed E-state index contributed by atoms with van der Waals surface area (Å²) in [6.07, 6.45) is 0. The molecule has 0 saturated carbocycles. The maximum atomic E-state index is 12.5. The highest BCUT2D eigenvalue weighted by atomic mass is 16.5. The lowest BCUT2D eigenvalue weighted by molar-refractivity contribution is 0.373. The summed E-state index contributed by atoms with van der Waals surface area (Å²) in [4.78, 5) is 12.5. The van der Waals surface area contributed by atoms with Crippen LogP contribution in [0.5, 0.6) is 17.2 Å². The lowest BCUT2D eigenvalue weighted by Crippen LogP contribution is -2.07. The number of phenols is 1. The number of hydrogen-bond donors (Lipinski definition) is 1. The lowest BCUT2D eigenvalue weighted by Gasteiger charge is -2.10. The van der Waals surface area contributed by atoms with Gasteiger partial charge in [0, 0.05) is 5.56 Å². The van der Waals surface area contributed by atoms with Gasteiger partial charge in [-0.1, -0.05) is 12.1 Å². The zero-order valence-corrected chi connectivity index (χ0v) is 12.1. The van der Waals surface area contributed by atoms with Crippen LogP contribution in [-0.2, 0) is 0 Å². The topological polar surface area (TPSA) is 68.9 Å². The second-order valence-corrected chi connectivity index (χ2v) is 4.68. The molecule has 0 aliphatic rings. The van der Waals surface area contributed by atoms with E-state index in [-0.39, 0.29) is 22.7 Å². The van der Waals surface area contributed by atoms with E-state index in [4.69, 9.17) is 13.9 Å².